The van der Waals surface area contributed by atoms with Crippen LogP contribution in [-0.4, -0.2) is 46.9 Å². The Morgan fingerprint density at radius 3 is 2.39 bits per heavy atom. The molecule has 5 rings (SSSR count). The Kier molecular flexibility index (Phi) is 5.36. The van der Waals surface area contributed by atoms with Crippen LogP contribution in [0.3, 0.4) is 0 Å². The first kappa shape index (κ1) is 21.2. The van der Waals surface area contributed by atoms with E-state index in [1.807, 2.05) is 24.3 Å². The van der Waals surface area contributed by atoms with Crippen molar-refractivity contribution in [1.29, 1.82) is 0 Å². The summed E-state index contributed by atoms with van der Waals surface area (Å²) in [5.74, 6) is -2.19. The molecule has 0 saturated heterocycles. The Bertz CT molecular complexity index is 1130. The molecule has 0 radical (unpaired) electrons. The zero-order chi connectivity index (χ0) is 23.1. The first-order chi connectivity index (χ1) is 15.9. The van der Waals surface area contributed by atoms with Gasteiger partial charge in [-0.2, -0.15) is 0 Å². The molecule has 8 nitrogen and oxygen atoms in total. The molecule has 0 spiro atoms. The van der Waals surface area contributed by atoms with Crippen LogP contribution < -0.4 is 15.5 Å². The van der Waals surface area contributed by atoms with E-state index in [1.54, 1.807) is 24.3 Å². The van der Waals surface area contributed by atoms with E-state index in [4.69, 9.17) is 0 Å². The lowest BCUT2D eigenvalue weighted by Gasteiger charge is -2.27. The third-order valence-electron chi connectivity index (χ3n) is 6.71. The number of aryl methyl sites for hydroxylation is 1. The number of nitrogens with one attached hydrogen (secondary N) is 2. The van der Waals surface area contributed by atoms with Crippen LogP contribution in [0, 0.1) is 5.92 Å². The van der Waals surface area contributed by atoms with Crippen LogP contribution in [0.25, 0.3) is 0 Å². The number of carboxylic acids is 1. The highest BCUT2D eigenvalue weighted by Crippen LogP contribution is 2.39. The minimum absolute atomic E-state index is 0.0286. The number of hydrogen-bond acceptors (Lipinski definition) is 4. The van der Waals surface area contributed by atoms with Gasteiger partial charge >= 0.3 is 5.97 Å². The number of benzene rings is 2. The molecular weight excluding hydrogens is 422 g/mol. The molecule has 0 aromatic heterocycles. The molecule has 3 atom stereocenters. The molecule has 1 fully saturated rings. The predicted molar refractivity (Wildman–Crippen MR) is 120 cm³/mol. The van der Waals surface area contributed by atoms with Crippen LogP contribution in [0.5, 0.6) is 0 Å². The molecule has 0 unspecified atom stereocenters. The van der Waals surface area contributed by atoms with Gasteiger partial charge in [-0.25, -0.2) is 4.79 Å². The topological polar surface area (TPSA) is 116 Å². The van der Waals surface area contributed by atoms with Crippen LogP contribution in [0.15, 0.2) is 48.5 Å². The number of rotatable bonds is 6. The molecule has 3 N–H and O–H groups in total. The zero-order valence-electron chi connectivity index (χ0n) is 18.0. The van der Waals surface area contributed by atoms with E-state index in [0.717, 1.165) is 24.0 Å². The fraction of sp³-hybridized carbons (Fsp3) is 0.360. The first-order valence-corrected chi connectivity index (χ1v) is 11.3. The average molecular weight is 447 g/mol. The van der Waals surface area contributed by atoms with Crippen LogP contribution in [-0.2, 0) is 27.2 Å². The SMILES string of the molecule is O=C(N[C@H](C(=O)N[C@H]1CCc2cccc3c2N(C1=O)[C@H](C(=O)O)C3)C1CC1)c1ccccc1. The van der Waals surface area contributed by atoms with E-state index in [1.165, 1.54) is 4.90 Å². The number of nitrogens with zero attached hydrogens (tertiary/aromatic N) is 1. The van der Waals surface area contributed by atoms with Crippen molar-refractivity contribution in [2.24, 2.45) is 5.92 Å². The highest BCUT2D eigenvalue weighted by Gasteiger charge is 2.45. The minimum atomic E-state index is -1.07. The Balaban J connectivity index is 1.35. The maximum absolute atomic E-state index is 13.4. The van der Waals surface area contributed by atoms with Gasteiger partial charge in [0, 0.05) is 12.0 Å². The van der Waals surface area contributed by atoms with E-state index in [2.05, 4.69) is 10.6 Å². The average Bonchev–Trinajstić information content (AvgIpc) is 3.59. The summed E-state index contributed by atoms with van der Waals surface area (Å²) in [6.45, 7) is 0. The van der Waals surface area contributed by atoms with Crippen molar-refractivity contribution in [3.63, 3.8) is 0 Å². The molecule has 1 aliphatic carbocycles. The van der Waals surface area contributed by atoms with E-state index in [-0.39, 0.29) is 18.2 Å². The lowest BCUT2D eigenvalue weighted by Crippen LogP contribution is -2.56. The van der Waals surface area contributed by atoms with Gasteiger partial charge in [0.2, 0.25) is 11.8 Å². The summed E-state index contributed by atoms with van der Waals surface area (Å²) in [6.07, 6.45) is 2.82. The third-order valence-corrected chi connectivity index (χ3v) is 6.71. The predicted octanol–water partition coefficient (Wildman–Crippen LogP) is 1.67. The summed E-state index contributed by atoms with van der Waals surface area (Å²) in [7, 11) is 0. The molecule has 2 aliphatic heterocycles. The number of para-hydroxylation sites is 1. The fourth-order valence-electron chi connectivity index (χ4n) is 4.87. The highest BCUT2D eigenvalue weighted by molar-refractivity contribution is 6.07. The van der Waals surface area contributed by atoms with Gasteiger partial charge < -0.3 is 15.7 Å². The Morgan fingerprint density at radius 2 is 1.70 bits per heavy atom. The van der Waals surface area contributed by atoms with Crippen LogP contribution in [0.4, 0.5) is 5.69 Å². The van der Waals surface area contributed by atoms with Crippen molar-refractivity contribution in [2.75, 3.05) is 4.90 Å². The summed E-state index contributed by atoms with van der Waals surface area (Å²) in [5.41, 5.74) is 2.89. The molecule has 170 valence electrons. The number of carbonyl (C=O) groups excluding carboxylic acids is 3. The van der Waals surface area contributed by atoms with Crippen LogP contribution in [0.1, 0.15) is 40.7 Å². The molecule has 0 bridgehead atoms. The molecule has 3 amide bonds. The maximum atomic E-state index is 13.4. The number of amides is 3. The number of aliphatic carboxylic acids is 1. The maximum Gasteiger partial charge on any atom is 0.327 e. The van der Waals surface area contributed by atoms with E-state index in [0.29, 0.717) is 24.1 Å². The van der Waals surface area contributed by atoms with E-state index < -0.39 is 35.9 Å². The van der Waals surface area contributed by atoms with Gasteiger partial charge in [-0.05, 0) is 54.9 Å². The largest absolute Gasteiger partial charge is 0.480 e. The summed E-state index contributed by atoms with van der Waals surface area (Å²) in [4.78, 5) is 52.5. The molecule has 3 aliphatic rings. The summed E-state index contributed by atoms with van der Waals surface area (Å²) >= 11 is 0. The second kappa shape index (κ2) is 8.35. The first-order valence-electron chi connectivity index (χ1n) is 11.3. The van der Waals surface area contributed by atoms with Crippen molar-refractivity contribution in [2.45, 2.75) is 50.2 Å². The third kappa shape index (κ3) is 3.97. The summed E-state index contributed by atoms with van der Waals surface area (Å²) in [6, 6.07) is 11.7. The Morgan fingerprint density at radius 1 is 0.970 bits per heavy atom. The Labute approximate surface area is 191 Å². The zero-order valence-corrected chi connectivity index (χ0v) is 18.0. The van der Waals surface area contributed by atoms with Gasteiger partial charge in [-0.3, -0.25) is 19.3 Å². The number of anilines is 1. The van der Waals surface area contributed by atoms with Gasteiger partial charge in [0.25, 0.3) is 5.91 Å². The molecular formula is C25H25N3O5. The molecule has 8 heteroatoms. The number of carboxylic acid groups (broad SMARTS) is 1. The van der Waals surface area contributed by atoms with Crippen LogP contribution in [0.2, 0.25) is 0 Å². The van der Waals surface area contributed by atoms with E-state index >= 15 is 0 Å². The second-order valence-electron chi connectivity index (χ2n) is 8.95. The normalized spacial score (nSPS) is 22.2. The lowest BCUT2D eigenvalue weighted by molar-refractivity contribution is -0.140. The molecule has 1 saturated carbocycles. The monoisotopic (exact) mass is 447 g/mol. The second-order valence-corrected chi connectivity index (χ2v) is 8.95. The molecule has 2 aromatic carbocycles. The Hall–Kier alpha value is -3.68. The standard InChI is InChI=1S/C25H25N3O5/c29-22(16-5-2-1-3-6-16)27-20(14-9-10-14)23(30)26-18-12-11-15-7-4-8-17-13-19(25(32)33)28(21(15)17)24(18)31/h1-8,14,18-20H,9-13H2,(H,26,30)(H,27,29)(H,32,33)/t18-,19-,20-/m0/s1. The summed E-state index contributed by atoms with van der Waals surface area (Å²) in [5, 5.41) is 15.4. The smallest absolute Gasteiger partial charge is 0.327 e. The van der Waals surface area contributed by atoms with Crippen molar-refractivity contribution in [3.05, 3.63) is 65.2 Å². The van der Waals surface area contributed by atoms with Gasteiger partial charge in [-0.1, -0.05) is 36.4 Å². The van der Waals surface area contributed by atoms with Crippen LogP contribution >= 0.6 is 0 Å². The van der Waals surface area contributed by atoms with Crippen molar-refractivity contribution >= 4 is 29.4 Å². The highest BCUT2D eigenvalue weighted by atomic mass is 16.4. The van der Waals surface area contributed by atoms with Gasteiger partial charge in [0.15, 0.2) is 0 Å². The molecule has 33 heavy (non-hydrogen) atoms. The van der Waals surface area contributed by atoms with Gasteiger partial charge in [-0.15, -0.1) is 0 Å². The molecule has 2 aromatic rings. The number of hydrogen-bond donors (Lipinski definition) is 3. The number of carbonyl (C=O) groups is 4. The lowest BCUT2D eigenvalue weighted by atomic mass is 10.0. The minimum Gasteiger partial charge on any atom is -0.480 e. The van der Waals surface area contributed by atoms with Crippen molar-refractivity contribution in [1.82, 2.24) is 10.6 Å². The van der Waals surface area contributed by atoms with Gasteiger partial charge in [0.1, 0.15) is 18.1 Å². The fourth-order valence-corrected chi connectivity index (χ4v) is 4.87. The van der Waals surface area contributed by atoms with E-state index in [9.17, 15) is 24.3 Å². The summed E-state index contributed by atoms with van der Waals surface area (Å²) < 4.78 is 0. The van der Waals surface area contributed by atoms with Crippen molar-refractivity contribution in [3.8, 4) is 0 Å². The van der Waals surface area contributed by atoms with Gasteiger partial charge in [0.05, 0.1) is 5.69 Å². The van der Waals surface area contributed by atoms with Crippen molar-refractivity contribution < 1.29 is 24.3 Å². The molecule has 2 heterocycles. The quantitative estimate of drug-likeness (QED) is 0.623.